The molecule has 1 saturated heterocycles. The van der Waals surface area contributed by atoms with Gasteiger partial charge < -0.3 is 20.1 Å². The standard InChI is InChI=1S/C10H10N4O5S/c15-1-3-5(16)6(17)9(19-3)14-7-4(13-10(14)20)8(18)12-2-11-7/h2-3,5-6,9,15-17H,1H2/t3-,5-,6-,9+/m0/s1. The summed E-state index contributed by atoms with van der Waals surface area (Å²) < 4.78 is 5.35. The molecule has 9 nitrogen and oxygen atoms in total. The molecule has 3 heterocycles. The zero-order valence-corrected chi connectivity index (χ0v) is 10.8. The number of ether oxygens (including phenoxy) is 1. The summed E-state index contributed by atoms with van der Waals surface area (Å²) in [6.07, 6.45) is -3.56. The second kappa shape index (κ2) is 4.75. The molecule has 10 heteroatoms. The van der Waals surface area contributed by atoms with Crippen molar-refractivity contribution >= 4 is 41.1 Å². The van der Waals surface area contributed by atoms with E-state index in [1.807, 2.05) is 0 Å². The van der Waals surface area contributed by atoms with E-state index in [4.69, 9.17) is 22.1 Å². The molecular formula is C10H10N4O5S. The van der Waals surface area contributed by atoms with Gasteiger partial charge in [-0.15, -0.1) is 0 Å². The van der Waals surface area contributed by atoms with E-state index in [1.165, 1.54) is 4.90 Å². The van der Waals surface area contributed by atoms with Crippen LogP contribution in [0.15, 0.2) is 15.0 Å². The predicted octanol–water partition coefficient (Wildman–Crippen LogP) is -2.57. The van der Waals surface area contributed by atoms with E-state index in [-0.39, 0.29) is 16.7 Å². The van der Waals surface area contributed by atoms with Gasteiger partial charge >= 0.3 is 5.91 Å². The summed E-state index contributed by atoms with van der Waals surface area (Å²) in [6, 6.07) is 0. The first-order chi connectivity index (χ1) is 9.54. The quantitative estimate of drug-likeness (QED) is 0.478. The first-order valence-electron chi connectivity index (χ1n) is 5.74. The maximum atomic E-state index is 11.6. The number of carbonyl (C=O) groups is 1. The van der Waals surface area contributed by atoms with Crippen LogP contribution in [0.3, 0.4) is 0 Å². The molecule has 0 spiro atoms. The number of hydrogen-bond donors (Lipinski definition) is 3. The van der Waals surface area contributed by atoms with Crippen molar-refractivity contribution in [2.45, 2.75) is 24.5 Å². The highest BCUT2D eigenvalue weighted by Gasteiger charge is 2.50. The number of aliphatic imine (C=N–C) groups is 3. The van der Waals surface area contributed by atoms with Gasteiger partial charge in [-0.25, -0.2) is 9.98 Å². The Kier molecular flexibility index (Phi) is 3.18. The number of fused-ring (bicyclic) bond motifs is 1. The van der Waals surface area contributed by atoms with Gasteiger partial charge in [0.25, 0.3) is 0 Å². The third-order valence-electron chi connectivity index (χ3n) is 3.18. The van der Waals surface area contributed by atoms with E-state index in [1.54, 1.807) is 0 Å². The Bertz CT molecular complexity index is 574. The fourth-order valence-electron chi connectivity index (χ4n) is 2.19. The minimum atomic E-state index is -1.32. The number of carbonyl (C=O) groups excluding carboxylic acids is 1. The van der Waals surface area contributed by atoms with Crippen LogP contribution in [0.25, 0.3) is 0 Å². The van der Waals surface area contributed by atoms with Gasteiger partial charge in [-0.1, -0.05) is 0 Å². The SMILES string of the molecule is O=C1N=CN=C2C1=NC(=S)N2[C@@H]1O[C@@H](CO)[C@H](O)[C@@H]1O. The highest BCUT2D eigenvalue weighted by Crippen LogP contribution is 2.27. The van der Waals surface area contributed by atoms with Gasteiger partial charge in [0.05, 0.1) is 6.61 Å². The van der Waals surface area contributed by atoms with Gasteiger partial charge in [0.15, 0.2) is 17.8 Å². The number of thiocarbonyl (C=S) groups is 1. The molecule has 0 bridgehead atoms. The largest absolute Gasteiger partial charge is 0.394 e. The molecule has 0 unspecified atom stereocenters. The Hall–Kier alpha value is -1.59. The van der Waals surface area contributed by atoms with E-state index in [2.05, 4.69) is 15.0 Å². The Morgan fingerprint density at radius 1 is 1.40 bits per heavy atom. The molecule has 4 atom stereocenters. The van der Waals surface area contributed by atoms with Crippen molar-refractivity contribution in [3.8, 4) is 0 Å². The molecule has 1 amide bonds. The van der Waals surface area contributed by atoms with E-state index < -0.39 is 37.1 Å². The maximum Gasteiger partial charge on any atom is 0.301 e. The Balaban J connectivity index is 1.92. The van der Waals surface area contributed by atoms with Crippen molar-refractivity contribution in [1.82, 2.24) is 4.90 Å². The molecule has 106 valence electrons. The van der Waals surface area contributed by atoms with Crippen molar-refractivity contribution in [3.63, 3.8) is 0 Å². The highest BCUT2D eigenvalue weighted by atomic mass is 32.1. The van der Waals surface area contributed by atoms with Crippen LogP contribution >= 0.6 is 12.2 Å². The van der Waals surface area contributed by atoms with Gasteiger partial charge in [0.1, 0.15) is 24.7 Å². The highest BCUT2D eigenvalue weighted by molar-refractivity contribution is 7.80. The third-order valence-corrected chi connectivity index (χ3v) is 3.47. The summed E-state index contributed by atoms with van der Waals surface area (Å²) in [5.41, 5.74) is -0.0322. The number of rotatable bonds is 2. The summed E-state index contributed by atoms with van der Waals surface area (Å²) in [4.78, 5) is 24.0. The number of amides is 1. The molecule has 3 aliphatic heterocycles. The molecule has 0 saturated carbocycles. The summed E-state index contributed by atoms with van der Waals surface area (Å²) in [5.74, 6) is -0.476. The van der Waals surface area contributed by atoms with Crippen molar-refractivity contribution in [2.75, 3.05) is 6.61 Å². The van der Waals surface area contributed by atoms with Gasteiger partial charge in [-0.3, -0.25) is 9.69 Å². The van der Waals surface area contributed by atoms with E-state index in [0.717, 1.165) is 6.34 Å². The normalized spacial score (nSPS) is 36.2. The van der Waals surface area contributed by atoms with Crippen molar-refractivity contribution < 1.29 is 24.9 Å². The second-order valence-electron chi connectivity index (χ2n) is 4.34. The molecule has 3 aliphatic rings. The number of nitrogens with zero attached hydrogens (tertiary/aromatic N) is 4. The molecular weight excluding hydrogens is 288 g/mol. The number of aliphatic hydroxyl groups is 3. The lowest BCUT2D eigenvalue weighted by atomic mass is 10.1. The lowest BCUT2D eigenvalue weighted by molar-refractivity contribution is -0.111. The molecule has 1 fully saturated rings. The zero-order valence-electron chi connectivity index (χ0n) is 9.95. The van der Waals surface area contributed by atoms with Gasteiger partial charge in [-0.2, -0.15) is 4.99 Å². The molecule has 0 aliphatic carbocycles. The minimum Gasteiger partial charge on any atom is -0.394 e. The number of hydrogen-bond acceptors (Lipinski definition) is 7. The van der Waals surface area contributed by atoms with Crippen molar-refractivity contribution in [2.24, 2.45) is 15.0 Å². The molecule has 3 N–H and O–H groups in total. The average Bonchev–Trinajstić information content (AvgIpc) is 2.90. The molecule has 20 heavy (non-hydrogen) atoms. The first-order valence-corrected chi connectivity index (χ1v) is 6.15. The molecule has 3 rings (SSSR count). The first kappa shape index (κ1) is 13.4. The second-order valence-corrected chi connectivity index (χ2v) is 4.71. The van der Waals surface area contributed by atoms with Crippen LogP contribution in [-0.4, -0.2) is 80.3 Å². The van der Waals surface area contributed by atoms with Gasteiger partial charge in [0.2, 0.25) is 5.11 Å². The van der Waals surface area contributed by atoms with Crippen molar-refractivity contribution in [1.29, 1.82) is 0 Å². The van der Waals surface area contributed by atoms with Crippen LogP contribution in [0, 0.1) is 0 Å². The molecule has 0 aromatic rings. The Morgan fingerprint density at radius 3 is 2.80 bits per heavy atom. The fourth-order valence-corrected chi connectivity index (χ4v) is 2.47. The van der Waals surface area contributed by atoms with Crippen LogP contribution in [0.1, 0.15) is 0 Å². The summed E-state index contributed by atoms with van der Waals surface area (Å²) >= 11 is 5.03. The minimum absolute atomic E-state index is 0.0209. The number of aliphatic hydroxyl groups excluding tert-OH is 3. The topological polar surface area (TPSA) is 127 Å². The van der Waals surface area contributed by atoms with Crippen molar-refractivity contribution in [3.05, 3.63) is 0 Å². The van der Waals surface area contributed by atoms with Crippen LogP contribution in [0.4, 0.5) is 0 Å². The molecule has 0 radical (unpaired) electrons. The average molecular weight is 298 g/mol. The zero-order chi connectivity index (χ0) is 14.4. The third kappa shape index (κ3) is 1.81. The van der Waals surface area contributed by atoms with E-state index >= 15 is 0 Å². The Morgan fingerprint density at radius 2 is 2.15 bits per heavy atom. The van der Waals surface area contributed by atoms with Gasteiger partial charge in [0, 0.05) is 0 Å². The maximum absolute atomic E-state index is 11.6. The monoisotopic (exact) mass is 298 g/mol. The smallest absolute Gasteiger partial charge is 0.301 e. The van der Waals surface area contributed by atoms with Crippen LogP contribution in [0.5, 0.6) is 0 Å². The molecule has 0 aromatic carbocycles. The molecule has 0 aromatic heterocycles. The Labute approximate surface area is 117 Å². The summed E-state index contributed by atoms with van der Waals surface area (Å²) in [7, 11) is 0. The predicted molar refractivity (Wildman–Crippen MR) is 70.6 cm³/mol. The lowest BCUT2D eigenvalue weighted by Gasteiger charge is -2.27. The number of amidine groups is 1. The van der Waals surface area contributed by atoms with E-state index in [0.29, 0.717) is 0 Å². The lowest BCUT2D eigenvalue weighted by Crippen LogP contribution is -2.49. The van der Waals surface area contributed by atoms with Gasteiger partial charge in [-0.05, 0) is 12.2 Å². The fraction of sp³-hybridized carbons (Fsp3) is 0.500. The van der Waals surface area contributed by atoms with Crippen LogP contribution in [-0.2, 0) is 9.53 Å². The van der Waals surface area contributed by atoms with Crippen LogP contribution < -0.4 is 0 Å². The summed E-state index contributed by atoms with van der Waals surface area (Å²) in [6.45, 7) is -0.462. The van der Waals surface area contributed by atoms with E-state index in [9.17, 15) is 15.0 Å². The van der Waals surface area contributed by atoms with Crippen LogP contribution in [0.2, 0.25) is 0 Å². The summed E-state index contributed by atoms with van der Waals surface area (Å²) in [5, 5.41) is 28.8.